The molecule has 0 unspecified atom stereocenters. The lowest BCUT2D eigenvalue weighted by atomic mass is 10.0. The molecule has 0 aliphatic heterocycles. The molecule has 0 saturated carbocycles. The van der Waals surface area contributed by atoms with Gasteiger partial charge in [0.1, 0.15) is 17.6 Å². The molecule has 2 atom stereocenters. The number of ether oxygens (including phenoxy) is 3. The SMILES string of the molecule is COc1cc([C@@H](OC)[C@@H](C)N)c(OC)cc1Br.O=C(O)C(=O)O. The average molecular weight is 394 g/mol. The largest absolute Gasteiger partial charge is 0.496 e. The van der Waals surface area contributed by atoms with Gasteiger partial charge >= 0.3 is 11.9 Å². The van der Waals surface area contributed by atoms with Gasteiger partial charge in [-0.05, 0) is 35.0 Å². The zero-order chi connectivity index (χ0) is 18.2. The van der Waals surface area contributed by atoms with E-state index >= 15 is 0 Å². The molecule has 9 heteroatoms. The molecule has 4 N–H and O–H groups in total. The number of nitrogens with two attached hydrogens (primary N) is 1. The van der Waals surface area contributed by atoms with Gasteiger partial charge in [0, 0.05) is 18.7 Å². The van der Waals surface area contributed by atoms with E-state index in [-0.39, 0.29) is 12.1 Å². The van der Waals surface area contributed by atoms with Crippen molar-refractivity contribution in [2.45, 2.75) is 19.1 Å². The standard InChI is InChI=1S/C12H18BrNO3.C2H2O4/c1-7(14)12(17-4)8-5-11(16-3)9(13)6-10(8)15-2;3-1(4)2(5)6/h5-7,12H,14H2,1-4H3;(H,3,4)(H,5,6)/t7-,12+;/m1./s1. The van der Waals surface area contributed by atoms with E-state index in [2.05, 4.69) is 15.9 Å². The smallest absolute Gasteiger partial charge is 0.414 e. The first-order valence-electron chi connectivity index (χ1n) is 6.35. The van der Waals surface area contributed by atoms with Gasteiger partial charge in [-0.3, -0.25) is 0 Å². The molecule has 0 fully saturated rings. The number of hydrogen-bond donors (Lipinski definition) is 3. The topological polar surface area (TPSA) is 128 Å². The lowest BCUT2D eigenvalue weighted by molar-refractivity contribution is -0.159. The molecule has 0 radical (unpaired) electrons. The monoisotopic (exact) mass is 393 g/mol. The fourth-order valence-electron chi connectivity index (χ4n) is 1.73. The van der Waals surface area contributed by atoms with Crippen molar-refractivity contribution in [1.29, 1.82) is 0 Å². The van der Waals surface area contributed by atoms with Gasteiger partial charge in [0.25, 0.3) is 0 Å². The molecule has 1 aromatic carbocycles. The quantitative estimate of drug-likeness (QED) is 0.644. The van der Waals surface area contributed by atoms with Gasteiger partial charge in [0.2, 0.25) is 0 Å². The maximum atomic E-state index is 9.10. The predicted molar refractivity (Wildman–Crippen MR) is 85.9 cm³/mol. The Bertz CT molecular complexity index is 536. The van der Waals surface area contributed by atoms with Gasteiger partial charge in [-0.25, -0.2) is 9.59 Å². The number of aliphatic carboxylic acids is 2. The molecule has 0 aromatic heterocycles. The normalized spacial score (nSPS) is 12.4. The van der Waals surface area contributed by atoms with Crippen molar-refractivity contribution in [2.75, 3.05) is 21.3 Å². The van der Waals surface area contributed by atoms with Crippen molar-refractivity contribution in [3.63, 3.8) is 0 Å². The third-order valence-electron chi connectivity index (χ3n) is 2.73. The average Bonchev–Trinajstić information content (AvgIpc) is 2.49. The highest BCUT2D eigenvalue weighted by Gasteiger charge is 2.21. The number of carbonyl (C=O) groups is 2. The van der Waals surface area contributed by atoms with Crippen LogP contribution in [0.15, 0.2) is 16.6 Å². The summed E-state index contributed by atoms with van der Waals surface area (Å²) in [5.74, 6) is -2.20. The number of carboxylic acids is 2. The van der Waals surface area contributed by atoms with Gasteiger partial charge < -0.3 is 30.2 Å². The minimum atomic E-state index is -1.82. The first-order chi connectivity index (χ1) is 10.7. The first-order valence-corrected chi connectivity index (χ1v) is 7.14. The van der Waals surface area contributed by atoms with E-state index in [9.17, 15) is 0 Å². The zero-order valence-electron chi connectivity index (χ0n) is 13.2. The van der Waals surface area contributed by atoms with Crippen LogP contribution in [0.4, 0.5) is 0 Å². The van der Waals surface area contributed by atoms with Gasteiger partial charge in [0.05, 0.1) is 18.7 Å². The van der Waals surface area contributed by atoms with Crippen LogP contribution in [-0.4, -0.2) is 49.5 Å². The summed E-state index contributed by atoms with van der Waals surface area (Å²) in [7, 11) is 4.86. The minimum absolute atomic E-state index is 0.139. The van der Waals surface area contributed by atoms with E-state index in [0.29, 0.717) is 0 Å². The van der Waals surface area contributed by atoms with Crippen LogP contribution in [0, 0.1) is 0 Å². The summed E-state index contributed by atoms with van der Waals surface area (Å²) >= 11 is 3.41. The summed E-state index contributed by atoms with van der Waals surface area (Å²) in [6, 6.07) is 3.59. The van der Waals surface area contributed by atoms with Crippen LogP contribution in [0.25, 0.3) is 0 Å². The maximum Gasteiger partial charge on any atom is 0.414 e. The van der Waals surface area contributed by atoms with E-state index in [0.717, 1.165) is 21.5 Å². The molecule has 0 amide bonds. The predicted octanol–water partition coefficient (Wildman–Crippen LogP) is 1.66. The molecule has 130 valence electrons. The molecule has 0 spiro atoms. The highest BCUT2D eigenvalue weighted by molar-refractivity contribution is 9.10. The second-order valence-corrected chi connectivity index (χ2v) is 5.21. The van der Waals surface area contributed by atoms with Gasteiger partial charge in [0.15, 0.2) is 0 Å². The molecule has 0 aliphatic rings. The number of rotatable bonds is 5. The Balaban J connectivity index is 0.000000688. The molecular weight excluding hydrogens is 374 g/mol. The molecule has 0 heterocycles. The number of benzene rings is 1. The number of carboxylic acid groups (broad SMARTS) is 2. The van der Waals surface area contributed by atoms with E-state index in [1.54, 1.807) is 21.3 Å². The lowest BCUT2D eigenvalue weighted by Gasteiger charge is -2.22. The van der Waals surface area contributed by atoms with Gasteiger partial charge in [-0.15, -0.1) is 0 Å². The fourth-order valence-corrected chi connectivity index (χ4v) is 2.22. The number of methoxy groups -OCH3 is 3. The maximum absolute atomic E-state index is 9.10. The zero-order valence-corrected chi connectivity index (χ0v) is 14.8. The summed E-state index contributed by atoms with van der Waals surface area (Å²) in [6.07, 6.45) is -0.230. The molecule has 1 aromatic rings. The Morgan fingerprint density at radius 1 is 1.09 bits per heavy atom. The second-order valence-electron chi connectivity index (χ2n) is 4.35. The molecular formula is C14H20BrNO7. The molecule has 23 heavy (non-hydrogen) atoms. The number of halogens is 1. The molecule has 1 rings (SSSR count). The van der Waals surface area contributed by atoms with Crippen LogP contribution in [-0.2, 0) is 14.3 Å². The lowest BCUT2D eigenvalue weighted by Crippen LogP contribution is -2.26. The van der Waals surface area contributed by atoms with Gasteiger partial charge in [-0.2, -0.15) is 0 Å². The summed E-state index contributed by atoms with van der Waals surface area (Å²) in [5, 5.41) is 14.8. The van der Waals surface area contributed by atoms with Crippen molar-refractivity contribution in [3.05, 3.63) is 22.2 Å². The third-order valence-corrected chi connectivity index (χ3v) is 3.34. The molecule has 0 saturated heterocycles. The molecule has 0 bridgehead atoms. The fraction of sp³-hybridized carbons (Fsp3) is 0.429. The van der Waals surface area contributed by atoms with Crippen LogP contribution < -0.4 is 15.2 Å². The van der Waals surface area contributed by atoms with E-state index in [4.69, 9.17) is 39.7 Å². The van der Waals surface area contributed by atoms with E-state index < -0.39 is 11.9 Å². The minimum Gasteiger partial charge on any atom is -0.496 e. The van der Waals surface area contributed by atoms with Crippen LogP contribution in [0.2, 0.25) is 0 Å². The van der Waals surface area contributed by atoms with E-state index in [1.165, 1.54) is 0 Å². The van der Waals surface area contributed by atoms with E-state index in [1.807, 2.05) is 19.1 Å². The summed E-state index contributed by atoms with van der Waals surface area (Å²) in [5.41, 5.74) is 6.78. The molecule has 0 aliphatic carbocycles. The van der Waals surface area contributed by atoms with Crippen molar-refractivity contribution >= 4 is 27.9 Å². The van der Waals surface area contributed by atoms with Crippen molar-refractivity contribution in [2.24, 2.45) is 5.73 Å². The second kappa shape index (κ2) is 10.0. The summed E-state index contributed by atoms with van der Waals surface area (Å²) < 4.78 is 16.8. The molecule has 8 nitrogen and oxygen atoms in total. The van der Waals surface area contributed by atoms with Crippen LogP contribution in [0.5, 0.6) is 11.5 Å². The summed E-state index contributed by atoms with van der Waals surface area (Å²) in [6.45, 7) is 1.89. The third kappa shape index (κ3) is 6.43. The Kier molecular flexibility index (Phi) is 9.23. The van der Waals surface area contributed by atoms with Crippen LogP contribution in [0.1, 0.15) is 18.6 Å². The number of hydrogen-bond acceptors (Lipinski definition) is 6. The highest BCUT2D eigenvalue weighted by atomic mass is 79.9. The van der Waals surface area contributed by atoms with Crippen molar-refractivity contribution < 1.29 is 34.0 Å². The van der Waals surface area contributed by atoms with Gasteiger partial charge in [-0.1, -0.05) is 0 Å². The Labute approximate surface area is 142 Å². The summed E-state index contributed by atoms with van der Waals surface area (Å²) in [4.78, 5) is 18.2. The Morgan fingerprint density at radius 3 is 1.87 bits per heavy atom. The van der Waals surface area contributed by atoms with Crippen LogP contribution in [0.3, 0.4) is 0 Å². The Morgan fingerprint density at radius 2 is 1.57 bits per heavy atom. The highest BCUT2D eigenvalue weighted by Crippen LogP contribution is 2.37. The van der Waals surface area contributed by atoms with Crippen LogP contribution >= 0.6 is 15.9 Å². The Hall–Kier alpha value is -1.84. The van der Waals surface area contributed by atoms with Crippen molar-refractivity contribution in [3.8, 4) is 11.5 Å². The van der Waals surface area contributed by atoms with Crippen molar-refractivity contribution in [1.82, 2.24) is 0 Å². The first kappa shape index (κ1) is 21.2.